The normalized spacial score (nSPS) is 11.6. The summed E-state index contributed by atoms with van der Waals surface area (Å²) in [5, 5.41) is 3.19. The van der Waals surface area contributed by atoms with Crippen LogP contribution in [0.4, 0.5) is 13.2 Å². The number of hydrogen-bond donors (Lipinski definition) is 1. The van der Waals surface area contributed by atoms with Gasteiger partial charge in [0.2, 0.25) is 0 Å². The summed E-state index contributed by atoms with van der Waals surface area (Å²) in [4.78, 5) is 0. The van der Waals surface area contributed by atoms with E-state index in [9.17, 15) is 13.2 Å². The summed E-state index contributed by atoms with van der Waals surface area (Å²) in [6, 6.07) is 5.67. The average molecular weight is 277 g/mol. The Morgan fingerprint density at radius 3 is 2.37 bits per heavy atom. The zero-order valence-electron chi connectivity index (χ0n) is 10.8. The second kappa shape index (κ2) is 8.01. The van der Waals surface area contributed by atoms with E-state index in [1.807, 2.05) is 0 Å². The van der Waals surface area contributed by atoms with E-state index in [2.05, 4.69) is 17.0 Å². The minimum absolute atomic E-state index is 0.221. The van der Waals surface area contributed by atoms with Gasteiger partial charge in [0, 0.05) is 6.54 Å². The van der Waals surface area contributed by atoms with E-state index in [-0.39, 0.29) is 5.75 Å². The lowest BCUT2D eigenvalue weighted by Gasteiger charge is -2.09. The fourth-order valence-electron chi connectivity index (χ4n) is 1.42. The number of hydrogen-bond acceptors (Lipinski definition) is 3. The van der Waals surface area contributed by atoms with E-state index in [1.54, 1.807) is 12.1 Å². The number of ether oxygens (including phenoxy) is 2. The van der Waals surface area contributed by atoms with E-state index in [1.165, 1.54) is 12.1 Å². The van der Waals surface area contributed by atoms with Gasteiger partial charge in [-0.3, -0.25) is 0 Å². The third-order valence-corrected chi connectivity index (χ3v) is 2.28. The maximum absolute atomic E-state index is 11.9. The molecule has 0 fully saturated rings. The lowest BCUT2D eigenvalue weighted by molar-refractivity contribution is -0.274. The minimum atomic E-state index is -4.65. The van der Waals surface area contributed by atoms with Crippen LogP contribution in [0.1, 0.15) is 18.9 Å². The van der Waals surface area contributed by atoms with Crippen molar-refractivity contribution in [2.45, 2.75) is 26.3 Å². The largest absolute Gasteiger partial charge is 0.573 e. The first-order chi connectivity index (χ1) is 9.01. The zero-order chi connectivity index (χ0) is 14.1. The summed E-state index contributed by atoms with van der Waals surface area (Å²) < 4.78 is 45.0. The summed E-state index contributed by atoms with van der Waals surface area (Å²) in [7, 11) is 0. The SMILES string of the molecule is CCCNCCOCc1ccc(OC(F)(F)F)cc1. The van der Waals surface area contributed by atoms with Crippen molar-refractivity contribution < 1.29 is 22.6 Å². The van der Waals surface area contributed by atoms with Crippen LogP contribution in [0.25, 0.3) is 0 Å². The van der Waals surface area contributed by atoms with E-state index in [4.69, 9.17) is 4.74 Å². The van der Waals surface area contributed by atoms with Crippen LogP contribution in [-0.4, -0.2) is 26.1 Å². The monoisotopic (exact) mass is 277 g/mol. The number of alkyl halides is 3. The molecule has 0 bridgehead atoms. The Bertz CT molecular complexity index is 352. The lowest BCUT2D eigenvalue weighted by atomic mass is 10.2. The highest BCUT2D eigenvalue weighted by Crippen LogP contribution is 2.22. The summed E-state index contributed by atoms with van der Waals surface area (Å²) in [6.45, 7) is 4.75. The fourth-order valence-corrected chi connectivity index (χ4v) is 1.42. The van der Waals surface area contributed by atoms with Gasteiger partial charge >= 0.3 is 6.36 Å². The van der Waals surface area contributed by atoms with Crippen LogP contribution in [0.5, 0.6) is 5.75 Å². The Hall–Kier alpha value is -1.27. The molecule has 1 aromatic carbocycles. The first kappa shape index (κ1) is 15.8. The van der Waals surface area contributed by atoms with Crippen LogP contribution < -0.4 is 10.1 Å². The van der Waals surface area contributed by atoms with Gasteiger partial charge in [0.15, 0.2) is 0 Å². The molecule has 0 spiro atoms. The second-order valence-corrected chi connectivity index (χ2v) is 3.99. The molecular formula is C13H18F3NO2. The van der Waals surface area contributed by atoms with Crippen LogP contribution in [0.3, 0.4) is 0 Å². The van der Waals surface area contributed by atoms with E-state index < -0.39 is 6.36 Å². The smallest absolute Gasteiger partial charge is 0.406 e. The Labute approximate surface area is 110 Å². The van der Waals surface area contributed by atoms with Crippen molar-refractivity contribution in [1.29, 1.82) is 0 Å². The molecule has 0 unspecified atom stereocenters. The van der Waals surface area contributed by atoms with Gasteiger partial charge < -0.3 is 14.8 Å². The summed E-state index contributed by atoms with van der Waals surface area (Å²) in [6.07, 6.45) is -3.58. The molecule has 0 saturated heterocycles. The van der Waals surface area contributed by atoms with Gasteiger partial charge in [-0.15, -0.1) is 13.2 Å². The highest BCUT2D eigenvalue weighted by molar-refractivity contribution is 5.26. The van der Waals surface area contributed by atoms with Crippen molar-refractivity contribution in [3.8, 4) is 5.75 Å². The quantitative estimate of drug-likeness (QED) is 0.741. The fraction of sp³-hybridized carbons (Fsp3) is 0.538. The van der Waals surface area contributed by atoms with Crippen LogP contribution in [0.15, 0.2) is 24.3 Å². The molecule has 0 aliphatic rings. The predicted octanol–water partition coefficient (Wildman–Crippen LogP) is 3.10. The minimum Gasteiger partial charge on any atom is -0.406 e. The molecule has 0 aromatic heterocycles. The molecule has 19 heavy (non-hydrogen) atoms. The molecule has 1 rings (SSSR count). The molecule has 0 atom stereocenters. The highest BCUT2D eigenvalue weighted by atomic mass is 19.4. The number of halogens is 3. The van der Waals surface area contributed by atoms with Crippen molar-refractivity contribution >= 4 is 0 Å². The molecule has 1 aromatic rings. The van der Waals surface area contributed by atoms with Crippen molar-refractivity contribution in [2.75, 3.05) is 19.7 Å². The molecule has 1 N–H and O–H groups in total. The van der Waals surface area contributed by atoms with Gasteiger partial charge in [0.05, 0.1) is 13.2 Å². The third kappa shape index (κ3) is 7.69. The van der Waals surface area contributed by atoms with Gasteiger partial charge in [-0.2, -0.15) is 0 Å². The Morgan fingerprint density at radius 2 is 1.79 bits per heavy atom. The van der Waals surface area contributed by atoms with E-state index >= 15 is 0 Å². The molecule has 108 valence electrons. The van der Waals surface area contributed by atoms with Crippen molar-refractivity contribution in [3.05, 3.63) is 29.8 Å². The summed E-state index contributed by atoms with van der Waals surface area (Å²) in [5.74, 6) is -0.221. The maximum Gasteiger partial charge on any atom is 0.573 e. The van der Waals surface area contributed by atoms with Crippen LogP contribution >= 0.6 is 0 Å². The Morgan fingerprint density at radius 1 is 1.11 bits per heavy atom. The number of nitrogens with one attached hydrogen (secondary N) is 1. The second-order valence-electron chi connectivity index (χ2n) is 3.99. The van der Waals surface area contributed by atoms with Gasteiger partial charge in [-0.25, -0.2) is 0 Å². The summed E-state index contributed by atoms with van der Waals surface area (Å²) >= 11 is 0. The lowest BCUT2D eigenvalue weighted by Crippen LogP contribution is -2.20. The molecule has 3 nitrogen and oxygen atoms in total. The van der Waals surface area contributed by atoms with Gasteiger partial charge in [-0.05, 0) is 30.7 Å². The summed E-state index contributed by atoms with van der Waals surface area (Å²) in [5.41, 5.74) is 0.810. The van der Waals surface area contributed by atoms with E-state index in [0.29, 0.717) is 13.2 Å². The Kier molecular flexibility index (Phi) is 6.66. The standard InChI is InChI=1S/C13H18F3NO2/c1-2-7-17-8-9-18-10-11-3-5-12(6-4-11)19-13(14,15)16/h3-6,17H,2,7-10H2,1H3. The highest BCUT2D eigenvalue weighted by Gasteiger charge is 2.30. The Balaban J connectivity index is 2.25. The number of rotatable bonds is 8. The van der Waals surface area contributed by atoms with Crippen LogP contribution in [-0.2, 0) is 11.3 Å². The van der Waals surface area contributed by atoms with Crippen molar-refractivity contribution in [1.82, 2.24) is 5.32 Å². The van der Waals surface area contributed by atoms with Crippen LogP contribution in [0.2, 0.25) is 0 Å². The first-order valence-corrected chi connectivity index (χ1v) is 6.14. The molecule has 6 heteroatoms. The number of benzene rings is 1. The van der Waals surface area contributed by atoms with Gasteiger partial charge in [0.25, 0.3) is 0 Å². The maximum atomic E-state index is 11.9. The zero-order valence-corrected chi connectivity index (χ0v) is 10.8. The van der Waals surface area contributed by atoms with Crippen LogP contribution in [0, 0.1) is 0 Å². The molecule has 0 aliphatic heterocycles. The van der Waals surface area contributed by atoms with Crippen molar-refractivity contribution in [2.24, 2.45) is 0 Å². The van der Waals surface area contributed by atoms with E-state index in [0.717, 1.165) is 25.1 Å². The first-order valence-electron chi connectivity index (χ1n) is 6.14. The predicted molar refractivity (Wildman–Crippen MR) is 65.9 cm³/mol. The molecular weight excluding hydrogens is 259 g/mol. The molecule has 0 heterocycles. The third-order valence-electron chi connectivity index (χ3n) is 2.28. The average Bonchev–Trinajstić information content (AvgIpc) is 2.34. The molecule has 0 radical (unpaired) electrons. The molecule has 0 saturated carbocycles. The topological polar surface area (TPSA) is 30.5 Å². The molecule has 0 aliphatic carbocycles. The van der Waals surface area contributed by atoms with Crippen molar-refractivity contribution in [3.63, 3.8) is 0 Å². The van der Waals surface area contributed by atoms with Gasteiger partial charge in [0.1, 0.15) is 5.75 Å². The van der Waals surface area contributed by atoms with Gasteiger partial charge in [-0.1, -0.05) is 19.1 Å². The molecule has 0 amide bonds.